The Kier molecular flexibility index (Phi) is 4.43. The van der Waals surface area contributed by atoms with Gasteiger partial charge in [0.15, 0.2) is 0 Å². The van der Waals surface area contributed by atoms with E-state index in [1.807, 2.05) is 6.92 Å². The summed E-state index contributed by atoms with van der Waals surface area (Å²) in [4.78, 5) is 1.08. The van der Waals surface area contributed by atoms with Crippen molar-refractivity contribution in [1.82, 2.24) is 0 Å². The summed E-state index contributed by atoms with van der Waals surface area (Å²) in [7, 11) is 0. The fraction of sp³-hybridized carbons (Fsp3) is 0.200. The van der Waals surface area contributed by atoms with Crippen molar-refractivity contribution in [3.8, 4) is 5.75 Å². The van der Waals surface area contributed by atoms with Crippen LogP contribution in [0.3, 0.4) is 0 Å². The normalized spacial score (nSPS) is 12.8. The average Bonchev–Trinajstić information content (AvgIpc) is 3.03. The SMILES string of the molecule is CCOc1cc(Cl)c(C(N)c2cc3sccc3s2)cc1Cl. The van der Waals surface area contributed by atoms with Gasteiger partial charge in [0.25, 0.3) is 0 Å². The molecule has 1 aromatic carbocycles. The van der Waals surface area contributed by atoms with Gasteiger partial charge in [0, 0.05) is 25.4 Å². The summed E-state index contributed by atoms with van der Waals surface area (Å²) in [5.41, 5.74) is 7.18. The monoisotopic (exact) mass is 357 g/mol. The molecule has 2 aromatic heterocycles. The molecule has 1 atom stereocenters. The number of benzene rings is 1. The molecular weight excluding hydrogens is 345 g/mol. The summed E-state index contributed by atoms with van der Waals surface area (Å²) in [5.74, 6) is 0.590. The predicted octanol–water partition coefficient (Wildman–Crippen LogP) is 5.72. The van der Waals surface area contributed by atoms with Crippen molar-refractivity contribution in [2.45, 2.75) is 13.0 Å². The number of nitrogens with two attached hydrogens (primary N) is 1. The zero-order chi connectivity index (χ0) is 15.0. The van der Waals surface area contributed by atoms with Crippen molar-refractivity contribution in [2.24, 2.45) is 5.73 Å². The quantitative estimate of drug-likeness (QED) is 0.648. The predicted molar refractivity (Wildman–Crippen MR) is 93.4 cm³/mol. The highest BCUT2D eigenvalue weighted by molar-refractivity contribution is 7.27. The van der Waals surface area contributed by atoms with Crippen LogP contribution >= 0.6 is 45.9 Å². The lowest BCUT2D eigenvalue weighted by atomic mass is 10.1. The standard InChI is InChI=1S/C15H13Cl2NOS2/c1-2-19-11-6-9(16)8(5-10(11)17)15(18)14-7-13-12(21-14)3-4-20-13/h3-7,15H,2,18H2,1H3. The molecule has 3 aromatic rings. The molecule has 0 amide bonds. The van der Waals surface area contributed by atoms with E-state index in [1.165, 1.54) is 9.40 Å². The Morgan fingerprint density at radius 3 is 2.71 bits per heavy atom. The fourth-order valence-electron chi connectivity index (χ4n) is 2.14. The summed E-state index contributed by atoms with van der Waals surface area (Å²) >= 11 is 16.0. The molecule has 0 aliphatic carbocycles. The van der Waals surface area contributed by atoms with Gasteiger partial charge >= 0.3 is 0 Å². The van der Waals surface area contributed by atoms with Crippen molar-refractivity contribution >= 4 is 55.3 Å². The molecule has 0 spiro atoms. The minimum Gasteiger partial charge on any atom is -0.492 e. The van der Waals surface area contributed by atoms with Gasteiger partial charge in [0.1, 0.15) is 5.75 Å². The first-order valence-electron chi connectivity index (χ1n) is 6.44. The third-order valence-electron chi connectivity index (χ3n) is 3.15. The molecule has 0 radical (unpaired) electrons. The Morgan fingerprint density at radius 1 is 1.19 bits per heavy atom. The molecule has 21 heavy (non-hydrogen) atoms. The molecule has 1 unspecified atom stereocenters. The Hall–Kier alpha value is -0.780. The van der Waals surface area contributed by atoms with Gasteiger partial charge in [0.2, 0.25) is 0 Å². The van der Waals surface area contributed by atoms with Gasteiger partial charge in [-0.1, -0.05) is 23.2 Å². The van der Waals surface area contributed by atoms with E-state index in [4.69, 9.17) is 33.7 Å². The van der Waals surface area contributed by atoms with Crippen LogP contribution in [0.4, 0.5) is 0 Å². The first-order valence-corrected chi connectivity index (χ1v) is 8.89. The molecule has 2 nitrogen and oxygen atoms in total. The molecule has 110 valence electrons. The largest absolute Gasteiger partial charge is 0.492 e. The van der Waals surface area contributed by atoms with Crippen molar-refractivity contribution < 1.29 is 4.74 Å². The Bertz CT molecular complexity index is 753. The number of thiophene rings is 2. The van der Waals surface area contributed by atoms with Crippen LogP contribution in [0.2, 0.25) is 10.0 Å². The van der Waals surface area contributed by atoms with Gasteiger partial charge in [-0.15, -0.1) is 22.7 Å². The Morgan fingerprint density at radius 2 is 2.00 bits per heavy atom. The molecule has 0 aliphatic heterocycles. The number of rotatable bonds is 4. The van der Waals surface area contributed by atoms with Crippen LogP contribution in [-0.4, -0.2) is 6.61 Å². The second kappa shape index (κ2) is 6.15. The maximum absolute atomic E-state index is 6.36. The van der Waals surface area contributed by atoms with Gasteiger partial charge in [0.05, 0.1) is 17.7 Å². The van der Waals surface area contributed by atoms with Gasteiger partial charge in [-0.2, -0.15) is 0 Å². The van der Waals surface area contributed by atoms with Crippen LogP contribution in [0.25, 0.3) is 9.40 Å². The van der Waals surface area contributed by atoms with Gasteiger partial charge in [-0.25, -0.2) is 0 Å². The van der Waals surface area contributed by atoms with Crippen LogP contribution in [0.5, 0.6) is 5.75 Å². The van der Waals surface area contributed by atoms with E-state index >= 15 is 0 Å². The maximum Gasteiger partial charge on any atom is 0.139 e. The number of fused-ring (bicyclic) bond motifs is 1. The molecule has 0 saturated heterocycles. The number of halogens is 2. The molecule has 2 N–H and O–H groups in total. The molecule has 3 rings (SSSR count). The zero-order valence-corrected chi connectivity index (χ0v) is 14.4. The van der Waals surface area contributed by atoms with E-state index in [0.29, 0.717) is 22.4 Å². The average molecular weight is 358 g/mol. The number of ether oxygens (including phenoxy) is 1. The lowest BCUT2D eigenvalue weighted by Crippen LogP contribution is -2.11. The minimum absolute atomic E-state index is 0.282. The van der Waals surface area contributed by atoms with Gasteiger partial charge in [-0.3, -0.25) is 0 Å². The third kappa shape index (κ3) is 2.91. The summed E-state index contributed by atoms with van der Waals surface area (Å²) in [6.45, 7) is 2.45. The van der Waals surface area contributed by atoms with Crippen LogP contribution in [0, 0.1) is 0 Å². The Balaban J connectivity index is 1.99. The molecule has 0 saturated carbocycles. The first-order chi connectivity index (χ1) is 10.1. The smallest absolute Gasteiger partial charge is 0.139 e. The van der Waals surface area contributed by atoms with Gasteiger partial charge in [-0.05, 0) is 36.1 Å². The van der Waals surface area contributed by atoms with Crippen LogP contribution in [-0.2, 0) is 0 Å². The molecule has 0 fully saturated rings. The third-order valence-corrected chi connectivity index (χ3v) is 5.95. The number of hydrogen-bond acceptors (Lipinski definition) is 4. The molecule has 0 bridgehead atoms. The zero-order valence-electron chi connectivity index (χ0n) is 11.2. The van der Waals surface area contributed by atoms with Crippen LogP contribution < -0.4 is 10.5 Å². The first kappa shape index (κ1) is 15.1. The second-order valence-corrected chi connectivity index (χ2v) is 7.39. The lowest BCUT2D eigenvalue weighted by molar-refractivity contribution is 0.340. The lowest BCUT2D eigenvalue weighted by Gasteiger charge is -2.15. The second-order valence-electron chi connectivity index (χ2n) is 4.51. The van der Waals surface area contributed by atoms with E-state index in [9.17, 15) is 0 Å². The van der Waals surface area contributed by atoms with Crippen molar-refractivity contribution in [3.63, 3.8) is 0 Å². The highest BCUT2D eigenvalue weighted by Gasteiger charge is 2.18. The molecule has 0 aliphatic rings. The van der Waals surface area contributed by atoms with E-state index in [0.717, 1.165) is 10.4 Å². The van der Waals surface area contributed by atoms with Crippen molar-refractivity contribution in [3.05, 3.63) is 50.1 Å². The summed E-state index contributed by atoms with van der Waals surface area (Å²) in [6, 6.07) is 7.48. The molecule has 2 heterocycles. The van der Waals surface area contributed by atoms with E-state index < -0.39 is 0 Å². The molecular formula is C15H13Cl2NOS2. The topological polar surface area (TPSA) is 35.2 Å². The van der Waals surface area contributed by atoms with Crippen LogP contribution in [0.1, 0.15) is 23.4 Å². The number of hydrogen-bond donors (Lipinski definition) is 1. The minimum atomic E-state index is -0.282. The van der Waals surface area contributed by atoms with E-state index in [1.54, 1.807) is 34.8 Å². The van der Waals surface area contributed by atoms with E-state index in [2.05, 4.69) is 17.5 Å². The fourth-order valence-corrected chi connectivity index (χ4v) is 4.78. The van der Waals surface area contributed by atoms with Gasteiger partial charge < -0.3 is 10.5 Å². The Labute approximate surface area is 141 Å². The summed E-state index contributed by atoms with van der Waals surface area (Å²) in [5, 5.41) is 3.19. The molecule has 6 heteroatoms. The van der Waals surface area contributed by atoms with E-state index in [-0.39, 0.29) is 6.04 Å². The van der Waals surface area contributed by atoms with Crippen molar-refractivity contribution in [1.29, 1.82) is 0 Å². The highest BCUT2D eigenvalue weighted by atomic mass is 35.5. The highest BCUT2D eigenvalue weighted by Crippen LogP contribution is 2.39. The van der Waals surface area contributed by atoms with Crippen LogP contribution in [0.15, 0.2) is 29.6 Å². The summed E-state index contributed by atoms with van der Waals surface area (Å²) < 4.78 is 7.94. The van der Waals surface area contributed by atoms with Crippen molar-refractivity contribution in [2.75, 3.05) is 6.61 Å². The summed E-state index contributed by atoms with van der Waals surface area (Å²) in [6.07, 6.45) is 0. The maximum atomic E-state index is 6.36.